The topological polar surface area (TPSA) is 108 Å². The van der Waals surface area contributed by atoms with E-state index in [4.69, 9.17) is 11.2 Å². The molecule has 3 amide bonds. The van der Waals surface area contributed by atoms with Crippen molar-refractivity contribution in [2.45, 2.75) is 97.0 Å². The number of rotatable bonds is 11. The zero-order valence-electron chi connectivity index (χ0n) is 24.9. The second kappa shape index (κ2) is 13.6. The lowest BCUT2D eigenvalue weighted by Crippen LogP contribution is -2.55. The summed E-state index contributed by atoms with van der Waals surface area (Å²) in [6.07, 6.45) is 7.64. The molecule has 0 heterocycles. The Bertz CT molecular complexity index is 1260. The lowest BCUT2D eigenvalue weighted by Gasteiger charge is -2.36. The highest BCUT2D eigenvalue weighted by Gasteiger charge is 2.48. The number of amides is 3. The number of nitrogens with zero attached hydrogens (tertiary/aromatic N) is 1. The van der Waals surface area contributed by atoms with E-state index >= 15 is 0 Å². The predicted molar refractivity (Wildman–Crippen MR) is 159 cm³/mol. The maximum Gasteiger partial charge on any atom is 0.408 e. The fourth-order valence-corrected chi connectivity index (χ4v) is 4.98. The summed E-state index contributed by atoms with van der Waals surface area (Å²) in [7, 11) is 0. The molecule has 5 atom stereocenters. The Kier molecular flexibility index (Phi) is 10.4. The van der Waals surface area contributed by atoms with Gasteiger partial charge in [0.25, 0.3) is 0 Å². The number of nitrogens with one attached hydrogen (secondary N) is 2. The van der Waals surface area contributed by atoms with Crippen molar-refractivity contribution >= 4 is 17.9 Å². The molecule has 8 heteroatoms. The Morgan fingerprint density at radius 2 is 1.76 bits per heavy atom. The van der Waals surface area contributed by atoms with E-state index in [9.17, 15) is 19.5 Å². The molecular weight excluding hydrogens is 518 g/mol. The van der Waals surface area contributed by atoms with Gasteiger partial charge in [-0.05, 0) is 75.8 Å². The Balaban J connectivity index is 2.08. The smallest absolute Gasteiger partial charge is 0.408 e. The van der Waals surface area contributed by atoms with Gasteiger partial charge in [-0.1, -0.05) is 56.5 Å². The summed E-state index contributed by atoms with van der Waals surface area (Å²) < 4.78 is 5.49. The third kappa shape index (κ3) is 8.75. The average molecular weight is 562 g/mol. The molecule has 0 bridgehead atoms. The minimum Gasteiger partial charge on any atom is -0.508 e. The van der Waals surface area contributed by atoms with Crippen molar-refractivity contribution in [1.29, 1.82) is 0 Å². The molecule has 5 unspecified atom stereocenters. The van der Waals surface area contributed by atoms with Crippen LogP contribution >= 0.6 is 0 Å². The van der Waals surface area contributed by atoms with Crippen LogP contribution in [-0.2, 0) is 20.7 Å². The highest BCUT2D eigenvalue weighted by atomic mass is 16.6. The number of hydrogen-bond acceptors (Lipinski definition) is 5. The summed E-state index contributed by atoms with van der Waals surface area (Å²) >= 11 is 0. The fraction of sp³-hybridized carbons (Fsp3) is 0.485. The summed E-state index contributed by atoms with van der Waals surface area (Å²) in [5, 5.41) is 15.6. The summed E-state index contributed by atoms with van der Waals surface area (Å²) in [5.41, 5.74) is 1.04. The predicted octanol–water partition coefficient (Wildman–Crippen LogP) is 5.09. The number of carbonyl (C=O) groups excluding carboxylic acids is 3. The molecule has 1 saturated carbocycles. The lowest BCUT2D eigenvalue weighted by atomic mass is 9.96. The minimum absolute atomic E-state index is 0.0917. The Labute approximate surface area is 243 Å². The molecule has 8 nitrogen and oxygen atoms in total. The van der Waals surface area contributed by atoms with Gasteiger partial charge in [-0.25, -0.2) is 4.79 Å². The van der Waals surface area contributed by atoms with Gasteiger partial charge >= 0.3 is 6.09 Å². The molecule has 0 spiro atoms. The molecule has 0 radical (unpaired) electrons. The zero-order valence-corrected chi connectivity index (χ0v) is 24.9. The number of ether oxygens (including phenoxy) is 1. The maximum absolute atomic E-state index is 14.5. The Morgan fingerprint density at radius 1 is 1.12 bits per heavy atom. The normalized spacial score (nSPS) is 18.3. The molecule has 3 rings (SSSR count). The van der Waals surface area contributed by atoms with Crippen LogP contribution in [0.25, 0.3) is 0 Å². The number of alkyl carbamates (subject to hydrolysis) is 1. The van der Waals surface area contributed by atoms with Gasteiger partial charge in [-0.3, -0.25) is 9.59 Å². The fourth-order valence-electron chi connectivity index (χ4n) is 4.98. The van der Waals surface area contributed by atoms with E-state index in [0.29, 0.717) is 11.1 Å². The van der Waals surface area contributed by atoms with Gasteiger partial charge in [-0.2, -0.15) is 0 Å². The molecule has 0 saturated heterocycles. The van der Waals surface area contributed by atoms with Crippen molar-refractivity contribution in [2.24, 2.45) is 5.92 Å². The van der Waals surface area contributed by atoms with Crippen LogP contribution in [0.3, 0.4) is 0 Å². The number of benzene rings is 2. The van der Waals surface area contributed by atoms with E-state index in [1.807, 2.05) is 20.8 Å². The van der Waals surface area contributed by atoms with Crippen LogP contribution in [0.5, 0.6) is 5.75 Å². The van der Waals surface area contributed by atoms with Crippen LogP contribution in [0.15, 0.2) is 48.5 Å². The highest BCUT2D eigenvalue weighted by Crippen LogP contribution is 2.41. The Hall–Kier alpha value is -3.99. The minimum atomic E-state index is -1.04. The second-order valence-corrected chi connectivity index (χ2v) is 11.9. The summed E-state index contributed by atoms with van der Waals surface area (Å²) in [4.78, 5) is 43.1. The average Bonchev–Trinajstić information content (AvgIpc) is 3.62. The highest BCUT2D eigenvalue weighted by molar-refractivity contribution is 5.93. The molecule has 3 N–H and O–H groups in total. The molecule has 1 fully saturated rings. The first-order valence-corrected chi connectivity index (χ1v) is 14.3. The van der Waals surface area contributed by atoms with Gasteiger partial charge < -0.3 is 25.4 Å². The van der Waals surface area contributed by atoms with E-state index < -0.39 is 29.7 Å². The number of carbonyl (C=O) groups is 3. The molecule has 220 valence electrons. The lowest BCUT2D eigenvalue weighted by molar-refractivity contribution is -0.143. The molecule has 2 aromatic rings. The van der Waals surface area contributed by atoms with Gasteiger partial charge in [0.05, 0.1) is 0 Å². The van der Waals surface area contributed by atoms with E-state index in [-0.39, 0.29) is 36.1 Å². The SMILES string of the molecule is C#Cc1ccccc1C(C(=O)NC(C)CCC)N(C(=O)C(Cc1ccc(O)cc1)NC(=O)OC(C)(C)C)C1CC1C. The van der Waals surface area contributed by atoms with Crippen molar-refractivity contribution in [3.05, 3.63) is 65.2 Å². The quantitative estimate of drug-likeness (QED) is 0.331. The van der Waals surface area contributed by atoms with Crippen LogP contribution in [-0.4, -0.2) is 51.6 Å². The van der Waals surface area contributed by atoms with Gasteiger partial charge in [0.15, 0.2) is 0 Å². The first-order valence-electron chi connectivity index (χ1n) is 14.3. The summed E-state index contributed by atoms with van der Waals surface area (Å²) in [6, 6.07) is 11.2. The van der Waals surface area contributed by atoms with E-state index in [2.05, 4.69) is 16.6 Å². The van der Waals surface area contributed by atoms with E-state index in [1.54, 1.807) is 62.1 Å². The van der Waals surface area contributed by atoms with Crippen LogP contribution in [0.2, 0.25) is 0 Å². The number of phenolic OH excluding ortho intramolecular Hbond substituents is 1. The summed E-state index contributed by atoms with van der Waals surface area (Å²) in [5.74, 6) is 2.20. The largest absolute Gasteiger partial charge is 0.508 e. The van der Waals surface area contributed by atoms with Crippen molar-refractivity contribution in [3.63, 3.8) is 0 Å². The molecule has 2 aromatic carbocycles. The molecule has 1 aliphatic carbocycles. The first-order chi connectivity index (χ1) is 19.3. The monoisotopic (exact) mass is 561 g/mol. The van der Waals surface area contributed by atoms with Crippen molar-refractivity contribution in [1.82, 2.24) is 15.5 Å². The third-order valence-corrected chi connectivity index (χ3v) is 7.09. The van der Waals surface area contributed by atoms with Gasteiger partial charge in [0.1, 0.15) is 23.4 Å². The standard InChI is InChI=1S/C33H43N3O5/c1-8-12-22(4)34-30(38)29(26-14-11-10-13-24(26)9-2)36(28-19-21(28)3)31(39)27(35-32(40)41-33(5,6)7)20-23-15-17-25(37)18-16-23/h2,10-11,13-18,21-22,27-29,37H,8,12,19-20H2,1,3-7H3,(H,34,38)(H,35,40). The van der Waals surface area contributed by atoms with Crippen molar-refractivity contribution < 1.29 is 24.2 Å². The van der Waals surface area contributed by atoms with Crippen LogP contribution in [0.4, 0.5) is 4.79 Å². The van der Waals surface area contributed by atoms with Crippen LogP contribution < -0.4 is 10.6 Å². The summed E-state index contributed by atoms with van der Waals surface area (Å²) in [6.45, 7) is 11.3. The maximum atomic E-state index is 14.5. The molecule has 0 aromatic heterocycles. The number of aromatic hydroxyl groups is 1. The van der Waals surface area contributed by atoms with Crippen LogP contribution in [0, 0.1) is 18.3 Å². The van der Waals surface area contributed by atoms with Crippen molar-refractivity contribution in [2.75, 3.05) is 0 Å². The van der Waals surface area contributed by atoms with Gasteiger partial charge in [-0.15, -0.1) is 6.42 Å². The molecular formula is C33H43N3O5. The van der Waals surface area contributed by atoms with Gasteiger partial charge in [0.2, 0.25) is 11.8 Å². The second-order valence-electron chi connectivity index (χ2n) is 11.9. The Morgan fingerprint density at radius 3 is 2.32 bits per heavy atom. The zero-order chi connectivity index (χ0) is 30.3. The molecule has 0 aliphatic heterocycles. The van der Waals surface area contributed by atoms with Crippen molar-refractivity contribution in [3.8, 4) is 18.1 Å². The number of hydrogen-bond donors (Lipinski definition) is 3. The molecule has 41 heavy (non-hydrogen) atoms. The van der Waals surface area contributed by atoms with E-state index in [0.717, 1.165) is 24.8 Å². The number of phenols is 1. The third-order valence-electron chi connectivity index (χ3n) is 7.09. The molecule has 1 aliphatic rings. The van der Waals surface area contributed by atoms with E-state index in [1.165, 1.54) is 12.1 Å². The van der Waals surface area contributed by atoms with Crippen LogP contribution in [0.1, 0.15) is 83.5 Å². The van der Waals surface area contributed by atoms with Gasteiger partial charge in [0, 0.05) is 24.1 Å². The number of terminal acetylenes is 1. The first kappa shape index (κ1) is 31.5.